The topological polar surface area (TPSA) is 29.5 Å². The molecule has 0 radical (unpaired) electrons. The summed E-state index contributed by atoms with van der Waals surface area (Å²) in [6.07, 6.45) is -0.620. The van der Waals surface area contributed by atoms with Crippen molar-refractivity contribution in [2.75, 3.05) is 0 Å². The van der Waals surface area contributed by atoms with Gasteiger partial charge in [-0.05, 0) is 37.3 Å². The molecule has 2 rings (SSSR count). The van der Waals surface area contributed by atoms with Gasteiger partial charge in [-0.1, -0.05) is 23.2 Å². The van der Waals surface area contributed by atoms with Gasteiger partial charge < -0.3 is 9.84 Å². The minimum Gasteiger partial charge on any atom is -0.488 e. The van der Waals surface area contributed by atoms with Crippen LogP contribution >= 0.6 is 34.5 Å². The van der Waals surface area contributed by atoms with Gasteiger partial charge in [-0.25, -0.2) is 0 Å². The molecule has 1 heterocycles. The van der Waals surface area contributed by atoms with Crippen molar-refractivity contribution in [3.05, 3.63) is 50.1 Å². The van der Waals surface area contributed by atoms with Crippen LogP contribution in [0.4, 0.5) is 0 Å². The van der Waals surface area contributed by atoms with Crippen molar-refractivity contribution in [2.45, 2.75) is 19.6 Å². The van der Waals surface area contributed by atoms with Crippen LogP contribution in [0.1, 0.15) is 23.5 Å². The fraction of sp³-hybridized carbons (Fsp3) is 0.231. The van der Waals surface area contributed by atoms with Gasteiger partial charge in [0, 0.05) is 15.5 Å². The van der Waals surface area contributed by atoms with Crippen molar-refractivity contribution in [2.24, 2.45) is 0 Å². The molecule has 0 unspecified atom stereocenters. The number of hydrogen-bond donors (Lipinski definition) is 1. The molecule has 5 heteroatoms. The van der Waals surface area contributed by atoms with Crippen LogP contribution in [0, 0.1) is 0 Å². The second-order valence-electron chi connectivity index (χ2n) is 3.85. The van der Waals surface area contributed by atoms with Crippen LogP contribution in [0.5, 0.6) is 5.75 Å². The Morgan fingerprint density at radius 2 is 2.06 bits per heavy atom. The van der Waals surface area contributed by atoms with E-state index in [1.54, 1.807) is 25.1 Å². The summed E-state index contributed by atoms with van der Waals surface area (Å²) in [6.45, 7) is 2.11. The van der Waals surface area contributed by atoms with E-state index in [2.05, 4.69) is 0 Å². The van der Waals surface area contributed by atoms with Gasteiger partial charge >= 0.3 is 0 Å². The Bertz CT molecular complexity index is 538. The van der Waals surface area contributed by atoms with E-state index in [1.165, 1.54) is 11.3 Å². The maximum absolute atomic E-state index is 9.67. The van der Waals surface area contributed by atoms with Crippen LogP contribution in [-0.2, 0) is 6.61 Å². The number of benzene rings is 1. The lowest BCUT2D eigenvalue weighted by molar-refractivity contribution is 0.190. The summed E-state index contributed by atoms with van der Waals surface area (Å²) in [7, 11) is 0. The molecule has 0 amide bonds. The number of halogens is 2. The van der Waals surface area contributed by atoms with Crippen molar-refractivity contribution in [3.63, 3.8) is 0 Å². The maximum Gasteiger partial charge on any atom is 0.125 e. The first-order chi connectivity index (χ1) is 8.56. The molecule has 0 spiro atoms. The van der Waals surface area contributed by atoms with Crippen molar-refractivity contribution in [3.8, 4) is 5.75 Å². The average molecular weight is 303 g/mol. The highest BCUT2D eigenvalue weighted by molar-refractivity contribution is 7.16. The van der Waals surface area contributed by atoms with E-state index >= 15 is 0 Å². The standard InChI is InChI=1S/C13H12Cl2O2S/c1-8(16)11-6-9(14)2-4-12(11)17-7-10-3-5-13(15)18-10/h2-6,8,16H,7H2,1H3/t8-/m0/s1. The minimum atomic E-state index is -0.620. The lowest BCUT2D eigenvalue weighted by atomic mass is 10.1. The molecular weight excluding hydrogens is 291 g/mol. The highest BCUT2D eigenvalue weighted by Crippen LogP contribution is 2.30. The first kappa shape index (κ1) is 13.7. The van der Waals surface area contributed by atoms with E-state index in [4.69, 9.17) is 27.9 Å². The number of thiophene rings is 1. The molecular formula is C13H12Cl2O2S. The zero-order valence-corrected chi connectivity index (χ0v) is 12.0. The third-order valence-electron chi connectivity index (χ3n) is 2.42. The Labute approximate surface area is 120 Å². The Kier molecular flexibility index (Phi) is 4.51. The van der Waals surface area contributed by atoms with Crippen LogP contribution in [0.3, 0.4) is 0 Å². The van der Waals surface area contributed by atoms with Gasteiger partial charge in [-0.15, -0.1) is 11.3 Å². The van der Waals surface area contributed by atoms with Crippen LogP contribution in [0.25, 0.3) is 0 Å². The van der Waals surface area contributed by atoms with E-state index in [0.29, 0.717) is 22.9 Å². The van der Waals surface area contributed by atoms with Crippen molar-refractivity contribution in [1.29, 1.82) is 0 Å². The largest absolute Gasteiger partial charge is 0.488 e. The van der Waals surface area contributed by atoms with E-state index in [-0.39, 0.29) is 0 Å². The Morgan fingerprint density at radius 1 is 1.28 bits per heavy atom. The summed E-state index contributed by atoms with van der Waals surface area (Å²) in [5.74, 6) is 0.638. The fourth-order valence-corrected chi connectivity index (χ4v) is 2.74. The smallest absolute Gasteiger partial charge is 0.125 e. The van der Waals surface area contributed by atoms with Gasteiger partial charge in [-0.2, -0.15) is 0 Å². The molecule has 0 fully saturated rings. The number of rotatable bonds is 4. The van der Waals surface area contributed by atoms with Crippen molar-refractivity contribution < 1.29 is 9.84 Å². The summed E-state index contributed by atoms with van der Waals surface area (Å²) in [6, 6.07) is 8.97. The summed E-state index contributed by atoms with van der Waals surface area (Å²) >= 11 is 13.2. The molecule has 1 N–H and O–H groups in total. The summed E-state index contributed by atoms with van der Waals surface area (Å²) in [4.78, 5) is 1.03. The summed E-state index contributed by atoms with van der Waals surface area (Å²) in [5, 5.41) is 10.3. The van der Waals surface area contributed by atoms with E-state index < -0.39 is 6.10 Å². The molecule has 0 bridgehead atoms. The van der Waals surface area contributed by atoms with Gasteiger partial charge in [0.1, 0.15) is 12.4 Å². The summed E-state index contributed by atoms with van der Waals surface area (Å²) < 4.78 is 6.42. The van der Waals surface area contributed by atoms with Crippen LogP contribution in [0.15, 0.2) is 30.3 Å². The van der Waals surface area contributed by atoms with Gasteiger partial charge in [0.2, 0.25) is 0 Å². The molecule has 0 saturated carbocycles. The number of hydrogen-bond acceptors (Lipinski definition) is 3. The summed E-state index contributed by atoms with van der Waals surface area (Å²) in [5.41, 5.74) is 0.685. The van der Waals surface area contributed by atoms with Gasteiger partial charge in [-0.3, -0.25) is 0 Å². The number of aliphatic hydroxyl groups is 1. The minimum absolute atomic E-state index is 0.429. The number of aliphatic hydroxyl groups excluding tert-OH is 1. The third kappa shape index (κ3) is 3.39. The highest BCUT2D eigenvalue weighted by atomic mass is 35.5. The first-order valence-electron chi connectivity index (χ1n) is 5.41. The molecule has 2 aromatic rings. The third-order valence-corrected chi connectivity index (χ3v) is 3.86. The Balaban J connectivity index is 2.13. The Hall–Kier alpha value is -0.740. The van der Waals surface area contributed by atoms with Gasteiger partial charge in [0.25, 0.3) is 0 Å². The van der Waals surface area contributed by atoms with Crippen LogP contribution in [-0.4, -0.2) is 5.11 Å². The number of ether oxygens (including phenoxy) is 1. The molecule has 2 nitrogen and oxygen atoms in total. The van der Waals surface area contributed by atoms with E-state index in [9.17, 15) is 5.11 Å². The molecule has 0 aliphatic heterocycles. The van der Waals surface area contributed by atoms with Crippen molar-refractivity contribution in [1.82, 2.24) is 0 Å². The second kappa shape index (κ2) is 5.93. The molecule has 1 aromatic carbocycles. The van der Waals surface area contributed by atoms with Crippen molar-refractivity contribution >= 4 is 34.5 Å². The van der Waals surface area contributed by atoms with Gasteiger partial charge in [0.05, 0.1) is 10.4 Å². The molecule has 0 saturated heterocycles. The Morgan fingerprint density at radius 3 is 2.67 bits per heavy atom. The van der Waals surface area contributed by atoms with E-state index in [0.717, 1.165) is 9.21 Å². The molecule has 1 atom stereocenters. The molecule has 18 heavy (non-hydrogen) atoms. The monoisotopic (exact) mass is 302 g/mol. The average Bonchev–Trinajstić information content (AvgIpc) is 2.73. The lowest BCUT2D eigenvalue weighted by Gasteiger charge is -2.13. The van der Waals surface area contributed by atoms with Crippen LogP contribution in [0.2, 0.25) is 9.36 Å². The molecule has 1 aromatic heterocycles. The molecule has 96 valence electrons. The predicted molar refractivity (Wildman–Crippen MR) is 75.7 cm³/mol. The highest BCUT2D eigenvalue weighted by Gasteiger charge is 2.10. The normalized spacial score (nSPS) is 12.4. The SMILES string of the molecule is C[C@H](O)c1cc(Cl)ccc1OCc1ccc(Cl)s1. The predicted octanol–water partition coefficient (Wildman–Crippen LogP) is 4.69. The quantitative estimate of drug-likeness (QED) is 0.888. The molecule has 0 aliphatic carbocycles. The molecule has 0 aliphatic rings. The lowest BCUT2D eigenvalue weighted by Crippen LogP contribution is -1.99. The maximum atomic E-state index is 9.67. The zero-order chi connectivity index (χ0) is 13.1. The zero-order valence-electron chi connectivity index (χ0n) is 9.69. The van der Waals surface area contributed by atoms with Crippen LogP contribution < -0.4 is 4.74 Å². The van der Waals surface area contributed by atoms with Gasteiger partial charge in [0.15, 0.2) is 0 Å². The fourth-order valence-electron chi connectivity index (χ4n) is 1.56. The first-order valence-corrected chi connectivity index (χ1v) is 6.98. The van der Waals surface area contributed by atoms with E-state index in [1.807, 2.05) is 12.1 Å². The second-order valence-corrected chi connectivity index (χ2v) is 6.09.